The Morgan fingerprint density at radius 3 is 2.86 bits per heavy atom. The van der Waals surface area contributed by atoms with Crippen molar-refractivity contribution in [2.24, 2.45) is 0 Å². The van der Waals surface area contributed by atoms with Crippen molar-refractivity contribution in [3.05, 3.63) is 59.7 Å². The first-order valence-corrected chi connectivity index (χ1v) is 9.34. The second-order valence-electron chi connectivity index (χ2n) is 6.75. The molecule has 0 spiro atoms. The van der Waals surface area contributed by atoms with E-state index in [0.717, 1.165) is 38.1 Å². The van der Waals surface area contributed by atoms with E-state index in [2.05, 4.69) is 15.5 Å². The maximum absolute atomic E-state index is 14.6. The largest absolute Gasteiger partial charge is 0.496 e. The molecule has 2 aromatic carbocycles. The number of hydrogen-bond donors (Lipinski definition) is 1. The lowest BCUT2D eigenvalue weighted by Gasteiger charge is -2.12. The zero-order valence-electron chi connectivity index (χ0n) is 15.6. The fraction of sp³-hybridized carbons (Fsp3) is 0.286. The van der Waals surface area contributed by atoms with Crippen molar-refractivity contribution < 1.29 is 13.9 Å². The summed E-state index contributed by atoms with van der Waals surface area (Å²) in [6.45, 7) is 0.773. The van der Waals surface area contributed by atoms with Crippen LogP contribution in [0.5, 0.6) is 5.75 Å². The van der Waals surface area contributed by atoms with Crippen LogP contribution in [-0.4, -0.2) is 27.8 Å². The Balaban J connectivity index is 1.65. The number of carbonyl (C=O) groups excluding carboxylic acids is 1. The van der Waals surface area contributed by atoms with E-state index in [1.165, 1.54) is 19.2 Å². The van der Waals surface area contributed by atoms with Gasteiger partial charge >= 0.3 is 0 Å². The number of anilines is 1. The summed E-state index contributed by atoms with van der Waals surface area (Å²) in [5.41, 5.74) is 1.23. The van der Waals surface area contributed by atoms with E-state index in [1.807, 2.05) is 4.57 Å². The number of carbonyl (C=O) groups is 1. The molecule has 0 aliphatic carbocycles. The number of nitrogens with zero attached hydrogens (tertiary/aromatic N) is 3. The van der Waals surface area contributed by atoms with Crippen LogP contribution >= 0.6 is 0 Å². The summed E-state index contributed by atoms with van der Waals surface area (Å²) in [5, 5.41) is 11.3. The number of methoxy groups -OCH3 is 1. The summed E-state index contributed by atoms with van der Waals surface area (Å²) in [6, 6.07) is 11.4. The first-order chi connectivity index (χ1) is 13.7. The number of rotatable bonds is 4. The molecular formula is C21H21FN4O2. The highest BCUT2D eigenvalue weighted by molar-refractivity contribution is 6.06. The Labute approximate surface area is 162 Å². The Morgan fingerprint density at radius 1 is 1.14 bits per heavy atom. The number of hydrogen-bond acceptors (Lipinski definition) is 4. The number of para-hydroxylation sites is 1. The van der Waals surface area contributed by atoms with E-state index in [-0.39, 0.29) is 5.91 Å². The lowest BCUT2D eigenvalue weighted by molar-refractivity contribution is 0.102. The molecule has 1 aromatic heterocycles. The molecule has 1 aliphatic rings. The minimum Gasteiger partial charge on any atom is -0.496 e. The molecular weight excluding hydrogens is 359 g/mol. The molecule has 1 amide bonds. The highest BCUT2D eigenvalue weighted by Gasteiger charge is 2.20. The predicted molar refractivity (Wildman–Crippen MR) is 104 cm³/mol. The minimum atomic E-state index is -0.394. The Morgan fingerprint density at radius 2 is 2.00 bits per heavy atom. The number of halogens is 1. The highest BCUT2D eigenvalue weighted by atomic mass is 19.1. The molecule has 0 saturated carbocycles. The van der Waals surface area contributed by atoms with Gasteiger partial charge in [0.2, 0.25) is 0 Å². The monoisotopic (exact) mass is 380 g/mol. The molecule has 6 nitrogen and oxygen atoms in total. The fourth-order valence-electron chi connectivity index (χ4n) is 3.49. The number of aryl methyl sites for hydroxylation is 1. The van der Waals surface area contributed by atoms with E-state index in [9.17, 15) is 9.18 Å². The number of fused-ring (bicyclic) bond motifs is 1. The maximum atomic E-state index is 14.6. The van der Waals surface area contributed by atoms with Crippen LogP contribution in [-0.2, 0) is 13.0 Å². The number of nitrogens with one attached hydrogen (secondary N) is 1. The lowest BCUT2D eigenvalue weighted by atomic mass is 10.1. The van der Waals surface area contributed by atoms with Crippen LogP contribution in [0.25, 0.3) is 11.4 Å². The molecule has 144 valence electrons. The van der Waals surface area contributed by atoms with Gasteiger partial charge in [0, 0.05) is 18.7 Å². The van der Waals surface area contributed by atoms with Crippen LogP contribution in [0.4, 0.5) is 10.1 Å². The van der Waals surface area contributed by atoms with Gasteiger partial charge in [-0.3, -0.25) is 4.79 Å². The highest BCUT2D eigenvalue weighted by Crippen LogP contribution is 2.28. The van der Waals surface area contributed by atoms with Crippen LogP contribution in [0.15, 0.2) is 42.5 Å². The van der Waals surface area contributed by atoms with Crippen LogP contribution in [0.2, 0.25) is 0 Å². The summed E-state index contributed by atoms with van der Waals surface area (Å²) in [4.78, 5) is 12.6. The summed E-state index contributed by atoms with van der Waals surface area (Å²) in [5.74, 6) is 1.15. The first-order valence-electron chi connectivity index (χ1n) is 9.34. The molecule has 1 N–H and O–H groups in total. The number of amides is 1. The molecule has 28 heavy (non-hydrogen) atoms. The smallest absolute Gasteiger partial charge is 0.259 e. The van der Waals surface area contributed by atoms with Gasteiger partial charge in [0.15, 0.2) is 5.82 Å². The topological polar surface area (TPSA) is 69.0 Å². The van der Waals surface area contributed by atoms with Crippen LogP contribution in [0, 0.1) is 5.82 Å². The average Bonchev–Trinajstić information content (AvgIpc) is 2.97. The van der Waals surface area contributed by atoms with E-state index < -0.39 is 5.82 Å². The van der Waals surface area contributed by atoms with Crippen LogP contribution < -0.4 is 10.1 Å². The summed E-state index contributed by atoms with van der Waals surface area (Å²) < 4.78 is 21.8. The third-order valence-electron chi connectivity index (χ3n) is 4.93. The van der Waals surface area contributed by atoms with Gasteiger partial charge in [0.05, 0.1) is 18.2 Å². The second kappa shape index (κ2) is 7.80. The van der Waals surface area contributed by atoms with Gasteiger partial charge in [0.1, 0.15) is 17.4 Å². The quantitative estimate of drug-likeness (QED) is 0.741. The molecule has 0 bridgehead atoms. The van der Waals surface area contributed by atoms with Crippen molar-refractivity contribution >= 4 is 11.6 Å². The third-order valence-corrected chi connectivity index (χ3v) is 4.93. The van der Waals surface area contributed by atoms with Crippen molar-refractivity contribution in [2.45, 2.75) is 32.2 Å². The van der Waals surface area contributed by atoms with Gasteiger partial charge in [-0.05, 0) is 43.2 Å². The third kappa shape index (κ3) is 3.47. The van der Waals surface area contributed by atoms with Crippen molar-refractivity contribution in [3.63, 3.8) is 0 Å². The molecule has 0 radical (unpaired) electrons. The van der Waals surface area contributed by atoms with Crippen LogP contribution in [0.3, 0.4) is 0 Å². The molecule has 0 saturated heterocycles. The maximum Gasteiger partial charge on any atom is 0.259 e. The summed E-state index contributed by atoms with van der Waals surface area (Å²) in [7, 11) is 1.51. The normalized spacial score (nSPS) is 13.5. The summed E-state index contributed by atoms with van der Waals surface area (Å²) in [6.07, 6.45) is 4.05. The van der Waals surface area contributed by atoms with Crippen molar-refractivity contribution in [3.8, 4) is 17.1 Å². The molecule has 7 heteroatoms. The lowest BCUT2D eigenvalue weighted by Crippen LogP contribution is -2.13. The summed E-state index contributed by atoms with van der Waals surface area (Å²) >= 11 is 0. The van der Waals surface area contributed by atoms with E-state index >= 15 is 0 Å². The number of benzene rings is 2. The van der Waals surface area contributed by atoms with E-state index in [4.69, 9.17) is 4.74 Å². The van der Waals surface area contributed by atoms with E-state index in [0.29, 0.717) is 28.4 Å². The van der Waals surface area contributed by atoms with Crippen molar-refractivity contribution in [1.82, 2.24) is 14.8 Å². The van der Waals surface area contributed by atoms with Gasteiger partial charge in [-0.15, -0.1) is 10.2 Å². The molecule has 2 heterocycles. The fourth-order valence-corrected chi connectivity index (χ4v) is 3.49. The van der Waals surface area contributed by atoms with Gasteiger partial charge < -0.3 is 14.6 Å². The van der Waals surface area contributed by atoms with Gasteiger partial charge in [0.25, 0.3) is 5.91 Å². The molecule has 0 unspecified atom stereocenters. The molecule has 0 atom stereocenters. The van der Waals surface area contributed by atoms with Crippen molar-refractivity contribution in [1.29, 1.82) is 0 Å². The Bertz CT molecular complexity index is 1020. The average molecular weight is 380 g/mol. The SMILES string of the molecule is COc1ccccc1C(=O)Nc1ccc(F)c(-c2nnc3n2CCCCC3)c1. The molecule has 4 rings (SSSR count). The van der Waals surface area contributed by atoms with Crippen LogP contribution in [0.1, 0.15) is 35.4 Å². The van der Waals surface area contributed by atoms with E-state index in [1.54, 1.807) is 30.3 Å². The van der Waals surface area contributed by atoms with Gasteiger partial charge in [-0.25, -0.2) is 4.39 Å². The number of aromatic nitrogens is 3. The predicted octanol–water partition coefficient (Wildman–Crippen LogP) is 4.07. The standard InChI is InChI=1S/C21H21FN4O2/c1-28-18-8-5-4-7-15(18)21(27)23-14-10-11-17(22)16(13-14)20-25-24-19-9-3-2-6-12-26(19)20/h4-5,7-8,10-11,13H,2-3,6,9,12H2,1H3,(H,23,27). The second-order valence-corrected chi connectivity index (χ2v) is 6.75. The van der Waals surface area contributed by atoms with Gasteiger partial charge in [-0.2, -0.15) is 0 Å². The number of ether oxygens (including phenoxy) is 1. The Hall–Kier alpha value is -3.22. The minimum absolute atomic E-state index is 0.324. The zero-order valence-corrected chi connectivity index (χ0v) is 15.6. The zero-order chi connectivity index (χ0) is 19.5. The van der Waals surface area contributed by atoms with Gasteiger partial charge in [-0.1, -0.05) is 18.6 Å². The molecule has 1 aliphatic heterocycles. The molecule has 0 fully saturated rings. The first kappa shape index (κ1) is 18.2. The Kier molecular flexibility index (Phi) is 5.06. The molecule has 3 aromatic rings. The van der Waals surface area contributed by atoms with Crippen molar-refractivity contribution in [2.75, 3.05) is 12.4 Å².